The van der Waals surface area contributed by atoms with Crippen LogP contribution in [0.3, 0.4) is 0 Å². The molecule has 38 heavy (non-hydrogen) atoms. The first-order valence-electron chi connectivity index (χ1n) is 12.1. The molecule has 1 saturated carbocycles. The predicted octanol–water partition coefficient (Wildman–Crippen LogP) is 3.85. The van der Waals surface area contributed by atoms with Crippen molar-refractivity contribution in [3.8, 4) is 0 Å². The lowest BCUT2D eigenvalue weighted by Crippen LogP contribution is -2.51. The standard InChI is InChI=1S/C26H32F3N3O4S2/c1-32(2)20-7-12-23(18(14-20)16-38(35,36)22-10-8-21(37-3)9-11-22)31-24(33)15-30-25(34)17-5-4-6-19(13-17)26(27,28)29/h4-6,8-11,13,18,20,23H,7,12,14-16H2,1-3H3,(H,30,34)(H,31,33)/t18-,20+,23-/m0/s1. The molecule has 0 aliphatic heterocycles. The minimum Gasteiger partial charge on any atom is -0.352 e. The molecule has 1 aliphatic carbocycles. The number of hydrogen-bond donors (Lipinski definition) is 2. The number of amides is 2. The smallest absolute Gasteiger partial charge is 0.352 e. The first-order valence-corrected chi connectivity index (χ1v) is 15.0. The molecular formula is C26H32F3N3O4S2. The zero-order valence-corrected chi connectivity index (χ0v) is 23.0. The summed E-state index contributed by atoms with van der Waals surface area (Å²) in [6.45, 7) is -0.446. The van der Waals surface area contributed by atoms with Crippen LogP contribution in [-0.4, -0.2) is 69.9 Å². The molecule has 0 spiro atoms. The SMILES string of the molecule is CSc1ccc(S(=O)(=O)C[C@@H]2C[C@H](N(C)C)CC[C@@H]2NC(=O)CNC(=O)c2cccc(C(F)(F)F)c2)cc1. The summed E-state index contributed by atoms with van der Waals surface area (Å²) in [6, 6.07) is 10.4. The van der Waals surface area contributed by atoms with Gasteiger partial charge in [-0.3, -0.25) is 9.59 Å². The lowest BCUT2D eigenvalue weighted by Gasteiger charge is -2.39. The third kappa shape index (κ3) is 7.97. The van der Waals surface area contributed by atoms with E-state index in [1.54, 1.807) is 24.3 Å². The van der Waals surface area contributed by atoms with E-state index in [1.165, 1.54) is 17.8 Å². The molecule has 3 rings (SSSR count). The lowest BCUT2D eigenvalue weighted by molar-refractivity contribution is -0.137. The molecule has 7 nitrogen and oxygen atoms in total. The van der Waals surface area contributed by atoms with Crippen LogP contribution >= 0.6 is 11.8 Å². The summed E-state index contributed by atoms with van der Waals surface area (Å²) in [4.78, 5) is 28.2. The van der Waals surface area contributed by atoms with Crippen molar-refractivity contribution in [3.05, 3.63) is 59.7 Å². The average molecular weight is 572 g/mol. The number of rotatable bonds is 9. The van der Waals surface area contributed by atoms with Gasteiger partial charge >= 0.3 is 6.18 Å². The fourth-order valence-corrected chi connectivity index (χ4v) is 6.68. The van der Waals surface area contributed by atoms with Crippen LogP contribution in [-0.2, 0) is 20.8 Å². The molecule has 2 aromatic rings. The van der Waals surface area contributed by atoms with Gasteiger partial charge < -0.3 is 15.5 Å². The molecule has 0 heterocycles. The number of nitrogens with zero attached hydrogens (tertiary/aromatic N) is 1. The van der Waals surface area contributed by atoms with Gasteiger partial charge in [0.25, 0.3) is 5.91 Å². The van der Waals surface area contributed by atoms with Gasteiger partial charge in [-0.25, -0.2) is 8.42 Å². The zero-order valence-electron chi connectivity index (χ0n) is 21.4. The van der Waals surface area contributed by atoms with E-state index in [2.05, 4.69) is 10.6 Å². The van der Waals surface area contributed by atoms with E-state index >= 15 is 0 Å². The van der Waals surface area contributed by atoms with Crippen molar-refractivity contribution in [3.63, 3.8) is 0 Å². The average Bonchev–Trinajstić information content (AvgIpc) is 2.87. The van der Waals surface area contributed by atoms with Crippen LogP contribution in [0.4, 0.5) is 13.2 Å². The second-order valence-electron chi connectivity index (χ2n) is 9.58. The van der Waals surface area contributed by atoms with Gasteiger partial charge in [-0.2, -0.15) is 13.2 Å². The Morgan fingerprint density at radius 1 is 1.08 bits per heavy atom. The highest BCUT2D eigenvalue weighted by Gasteiger charge is 2.36. The molecule has 1 aliphatic rings. The maximum absolute atomic E-state index is 13.2. The summed E-state index contributed by atoms with van der Waals surface area (Å²) in [5.41, 5.74) is -1.17. The number of halogens is 3. The molecular weight excluding hydrogens is 539 g/mol. The van der Waals surface area contributed by atoms with Crippen molar-refractivity contribution in [2.45, 2.75) is 47.3 Å². The summed E-state index contributed by atoms with van der Waals surface area (Å²) < 4.78 is 65.2. The molecule has 3 atom stereocenters. The molecule has 0 bridgehead atoms. The quantitative estimate of drug-likeness (QED) is 0.444. The van der Waals surface area contributed by atoms with Gasteiger partial charge in [-0.15, -0.1) is 11.8 Å². The predicted molar refractivity (Wildman–Crippen MR) is 141 cm³/mol. The maximum atomic E-state index is 13.2. The molecule has 0 radical (unpaired) electrons. The highest BCUT2D eigenvalue weighted by molar-refractivity contribution is 7.98. The third-order valence-corrected chi connectivity index (χ3v) is 9.35. The fraction of sp³-hybridized carbons (Fsp3) is 0.462. The number of benzene rings is 2. The number of thioether (sulfide) groups is 1. The van der Waals surface area contributed by atoms with Crippen LogP contribution in [0.1, 0.15) is 35.2 Å². The molecule has 1 fully saturated rings. The van der Waals surface area contributed by atoms with Gasteiger partial charge in [0, 0.05) is 22.5 Å². The van der Waals surface area contributed by atoms with Crippen LogP contribution in [0.15, 0.2) is 58.3 Å². The van der Waals surface area contributed by atoms with Crippen molar-refractivity contribution >= 4 is 33.4 Å². The second-order valence-corrected chi connectivity index (χ2v) is 12.5. The van der Waals surface area contributed by atoms with Gasteiger partial charge in [0.15, 0.2) is 9.84 Å². The van der Waals surface area contributed by atoms with Gasteiger partial charge in [0.05, 0.1) is 22.8 Å². The van der Waals surface area contributed by atoms with E-state index in [0.717, 1.165) is 29.5 Å². The Hall–Kier alpha value is -2.57. The van der Waals surface area contributed by atoms with Crippen molar-refractivity contribution < 1.29 is 31.2 Å². The number of sulfone groups is 1. The van der Waals surface area contributed by atoms with Gasteiger partial charge in [-0.1, -0.05) is 6.07 Å². The van der Waals surface area contributed by atoms with Crippen molar-refractivity contribution in [1.82, 2.24) is 15.5 Å². The Kier molecular flexibility index (Phi) is 9.88. The number of carbonyl (C=O) groups excluding carboxylic acids is 2. The van der Waals surface area contributed by atoms with Crippen LogP contribution in [0.25, 0.3) is 0 Å². The van der Waals surface area contributed by atoms with Crippen molar-refractivity contribution in [1.29, 1.82) is 0 Å². The number of nitrogens with one attached hydrogen (secondary N) is 2. The van der Waals surface area contributed by atoms with E-state index < -0.39 is 46.0 Å². The Morgan fingerprint density at radius 2 is 1.76 bits per heavy atom. The second kappa shape index (κ2) is 12.5. The third-order valence-electron chi connectivity index (χ3n) is 6.75. The molecule has 208 valence electrons. The van der Waals surface area contributed by atoms with Gasteiger partial charge in [-0.05, 0) is 88.0 Å². The molecule has 12 heteroatoms. The summed E-state index contributed by atoms with van der Waals surface area (Å²) in [5.74, 6) is -1.84. The molecule has 2 amide bonds. The normalized spacial score (nSPS) is 20.2. The molecule has 0 saturated heterocycles. The molecule has 2 aromatic carbocycles. The van der Waals surface area contributed by atoms with E-state index in [0.29, 0.717) is 12.8 Å². The summed E-state index contributed by atoms with van der Waals surface area (Å²) >= 11 is 1.51. The number of hydrogen-bond acceptors (Lipinski definition) is 6. The van der Waals surface area contributed by atoms with Crippen molar-refractivity contribution in [2.24, 2.45) is 5.92 Å². The Morgan fingerprint density at radius 3 is 2.37 bits per heavy atom. The minimum atomic E-state index is -4.59. The van der Waals surface area contributed by atoms with Crippen LogP contribution in [0.2, 0.25) is 0 Å². The molecule has 0 unspecified atom stereocenters. The molecule has 0 aromatic heterocycles. The van der Waals surface area contributed by atoms with E-state index in [1.807, 2.05) is 25.3 Å². The maximum Gasteiger partial charge on any atom is 0.416 e. The van der Waals surface area contributed by atoms with E-state index in [-0.39, 0.29) is 28.2 Å². The number of alkyl halides is 3. The summed E-state index contributed by atoms with van der Waals surface area (Å²) in [7, 11) is 0.239. The Balaban J connectivity index is 1.66. The number of carbonyl (C=O) groups is 2. The van der Waals surface area contributed by atoms with Crippen LogP contribution < -0.4 is 10.6 Å². The van der Waals surface area contributed by atoms with Gasteiger partial charge in [0.2, 0.25) is 5.91 Å². The highest BCUT2D eigenvalue weighted by Crippen LogP contribution is 2.31. The minimum absolute atomic E-state index is 0.141. The monoisotopic (exact) mass is 571 g/mol. The van der Waals surface area contributed by atoms with Crippen molar-refractivity contribution in [2.75, 3.05) is 32.6 Å². The fourth-order valence-electron chi connectivity index (χ4n) is 4.60. The first kappa shape index (κ1) is 30.0. The largest absolute Gasteiger partial charge is 0.416 e. The Bertz CT molecular complexity index is 1240. The Labute approximate surface area is 225 Å². The molecule has 2 N–H and O–H groups in total. The van der Waals surface area contributed by atoms with Crippen LogP contribution in [0.5, 0.6) is 0 Å². The zero-order chi connectivity index (χ0) is 28.1. The summed E-state index contributed by atoms with van der Waals surface area (Å²) in [5, 5.41) is 5.19. The van der Waals surface area contributed by atoms with Gasteiger partial charge in [0.1, 0.15) is 0 Å². The first-order chi connectivity index (χ1) is 17.8. The lowest BCUT2D eigenvalue weighted by atomic mass is 9.82. The topological polar surface area (TPSA) is 95.6 Å². The van der Waals surface area contributed by atoms with Crippen LogP contribution in [0, 0.1) is 5.92 Å². The van der Waals surface area contributed by atoms with E-state index in [9.17, 15) is 31.2 Å². The van der Waals surface area contributed by atoms with E-state index in [4.69, 9.17) is 0 Å². The summed E-state index contributed by atoms with van der Waals surface area (Å²) in [6.07, 6.45) is -0.806. The highest BCUT2D eigenvalue weighted by atomic mass is 32.2.